The van der Waals surface area contributed by atoms with Crippen molar-refractivity contribution in [2.45, 2.75) is 26.8 Å². The molecule has 0 saturated carbocycles. The van der Waals surface area contributed by atoms with Crippen molar-refractivity contribution in [1.29, 1.82) is 0 Å². The molecule has 5 nitrogen and oxygen atoms in total. The van der Waals surface area contributed by atoms with E-state index in [1.165, 1.54) is 4.90 Å². The van der Waals surface area contributed by atoms with Crippen LogP contribution in [0.1, 0.15) is 16.7 Å². The summed E-state index contributed by atoms with van der Waals surface area (Å²) in [5.74, 6) is 0.490. The zero-order chi connectivity index (χ0) is 14.7. The van der Waals surface area contributed by atoms with E-state index in [9.17, 15) is 4.79 Å². The van der Waals surface area contributed by atoms with Crippen molar-refractivity contribution in [2.24, 2.45) is 5.73 Å². The van der Waals surface area contributed by atoms with Gasteiger partial charge in [-0.25, -0.2) is 0 Å². The molecule has 3 N–H and O–H groups in total. The Bertz CT molecular complexity index is 486. The average Bonchev–Trinajstić information content (AvgIpc) is 2.40. The summed E-state index contributed by atoms with van der Waals surface area (Å²) in [5.41, 5.74) is 9.28. The molecule has 0 bridgehead atoms. The van der Waals surface area contributed by atoms with Gasteiger partial charge in [0.25, 0.3) is 0 Å². The normalized spacial score (nSPS) is 12.2. The first-order valence-electron chi connectivity index (χ1n) is 6.13. The van der Waals surface area contributed by atoms with Crippen LogP contribution in [-0.2, 0) is 4.79 Å². The molecule has 1 atom stereocenters. The lowest BCUT2D eigenvalue weighted by atomic mass is 10.0. The summed E-state index contributed by atoms with van der Waals surface area (Å²) in [7, 11) is 3.29. The van der Waals surface area contributed by atoms with Crippen molar-refractivity contribution in [3.8, 4) is 5.75 Å². The molecule has 0 aliphatic rings. The highest BCUT2D eigenvalue weighted by Gasteiger charge is 2.22. The van der Waals surface area contributed by atoms with Crippen LogP contribution in [0.25, 0.3) is 0 Å². The third-order valence-corrected chi connectivity index (χ3v) is 3.41. The number of aryl methyl sites for hydroxylation is 1. The first-order valence-corrected chi connectivity index (χ1v) is 6.13. The minimum atomic E-state index is -0.897. The highest BCUT2D eigenvalue weighted by atomic mass is 16.5. The van der Waals surface area contributed by atoms with Crippen molar-refractivity contribution in [3.63, 3.8) is 0 Å². The number of benzene rings is 1. The van der Waals surface area contributed by atoms with Gasteiger partial charge in [-0.05, 0) is 43.5 Å². The van der Waals surface area contributed by atoms with Gasteiger partial charge in [0.15, 0.2) is 0 Å². The van der Waals surface area contributed by atoms with E-state index in [1.807, 2.05) is 26.8 Å². The molecule has 0 fully saturated rings. The second-order valence-corrected chi connectivity index (χ2v) is 4.68. The van der Waals surface area contributed by atoms with Crippen molar-refractivity contribution in [1.82, 2.24) is 0 Å². The van der Waals surface area contributed by atoms with Gasteiger partial charge >= 0.3 is 0 Å². The Morgan fingerprint density at radius 2 is 2.00 bits per heavy atom. The maximum atomic E-state index is 12.1. The van der Waals surface area contributed by atoms with Crippen LogP contribution >= 0.6 is 0 Å². The van der Waals surface area contributed by atoms with Crippen molar-refractivity contribution in [2.75, 3.05) is 25.7 Å². The Morgan fingerprint density at radius 3 is 2.47 bits per heavy atom. The Morgan fingerprint density at radius 1 is 1.42 bits per heavy atom. The number of carbonyl (C=O) groups is 1. The second-order valence-electron chi connectivity index (χ2n) is 4.68. The summed E-state index contributed by atoms with van der Waals surface area (Å²) >= 11 is 0. The molecule has 0 aromatic heterocycles. The van der Waals surface area contributed by atoms with Gasteiger partial charge in [0.05, 0.1) is 13.7 Å². The number of likely N-dealkylation sites (N-methyl/N-ethyl adjacent to an activating group) is 1. The fraction of sp³-hybridized carbons (Fsp3) is 0.500. The molecule has 0 saturated heterocycles. The number of ether oxygens (including phenoxy) is 1. The zero-order valence-corrected chi connectivity index (χ0v) is 12.2. The van der Waals surface area contributed by atoms with Crippen LogP contribution < -0.4 is 15.4 Å². The second kappa shape index (κ2) is 6.04. The summed E-state index contributed by atoms with van der Waals surface area (Å²) in [4.78, 5) is 13.6. The van der Waals surface area contributed by atoms with E-state index in [1.54, 1.807) is 14.2 Å². The van der Waals surface area contributed by atoms with Crippen LogP contribution in [0.15, 0.2) is 6.07 Å². The molecule has 1 amide bonds. The monoisotopic (exact) mass is 266 g/mol. The molecule has 19 heavy (non-hydrogen) atoms. The number of hydrogen-bond donors (Lipinski definition) is 2. The van der Waals surface area contributed by atoms with Gasteiger partial charge in [0.2, 0.25) is 5.91 Å². The lowest BCUT2D eigenvalue weighted by Crippen LogP contribution is -2.44. The van der Waals surface area contributed by atoms with E-state index in [2.05, 4.69) is 0 Å². The van der Waals surface area contributed by atoms with E-state index in [-0.39, 0.29) is 12.5 Å². The maximum absolute atomic E-state index is 12.1. The van der Waals surface area contributed by atoms with Crippen molar-refractivity contribution in [3.05, 3.63) is 22.8 Å². The molecule has 0 aliphatic heterocycles. The molecular formula is C14H22N2O3. The summed E-state index contributed by atoms with van der Waals surface area (Å²) in [6, 6.07) is 0.998. The molecule has 5 heteroatoms. The lowest BCUT2D eigenvalue weighted by Gasteiger charge is -2.26. The third kappa shape index (κ3) is 2.88. The number of carbonyl (C=O) groups excluding carboxylic acids is 1. The predicted molar refractivity (Wildman–Crippen MR) is 75.7 cm³/mol. The number of aliphatic hydroxyl groups excluding tert-OH is 1. The largest absolute Gasteiger partial charge is 0.496 e. The topological polar surface area (TPSA) is 75.8 Å². The van der Waals surface area contributed by atoms with Gasteiger partial charge in [-0.1, -0.05) is 0 Å². The van der Waals surface area contributed by atoms with Crippen LogP contribution in [0.2, 0.25) is 0 Å². The fourth-order valence-corrected chi connectivity index (χ4v) is 2.20. The summed E-state index contributed by atoms with van der Waals surface area (Å²) in [6.07, 6.45) is 0. The third-order valence-electron chi connectivity index (χ3n) is 3.41. The van der Waals surface area contributed by atoms with Crippen molar-refractivity contribution >= 4 is 11.6 Å². The molecular weight excluding hydrogens is 244 g/mol. The van der Waals surface area contributed by atoms with E-state index >= 15 is 0 Å². The molecule has 0 heterocycles. The SMILES string of the molecule is COc1cc(C)c(N(C)C(=O)C(N)CO)c(C)c1C. The predicted octanol–water partition coefficient (Wildman–Crippen LogP) is 0.903. The minimum absolute atomic E-state index is 0.307. The Kier molecular flexibility index (Phi) is 4.91. The molecule has 0 aliphatic carbocycles. The first kappa shape index (κ1) is 15.5. The van der Waals surface area contributed by atoms with Crippen molar-refractivity contribution < 1.29 is 14.6 Å². The van der Waals surface area contributed by atoms with Gasteiger partial charge < -0.3 is 20.5 Å². The fourth-order valence-electron chi connectivity index (χ4n) is 2.20. The molecule has 1 unspecified atom stereocenters. The Balaban J connectivity index is 3.28. The molecule has 1 aromatic carbocycles. The zero-order valence-electron chi connectivity index (χ0n) is 12.2. The average molecular weight is 266 g/mol. The summed E-state index contributed by atoms with van der Waals surface area (Å²) < 4.78 is 5.30. The summed E-state index contributed by atoms with van der Waals surface area (Å²) in [5, 5.41) is 8.98. The van der Waals surface area contributed by atoms with E-state index < -0.39 is 6.04 Å². The van der Waals surface area contributed by atoms with Crippen LogP contribution in [0.5, 0.6) is 5.75 Å². The lowest BCUT2D eigenvalue weighted by molar-refractivity contribution is -0.120. The van der Waals surface area contributed by atoms with Gasteiger partial charge in [-0.15, -0.1) is 0 Å². The van der Waals surface area contributed by atoms with E-state index in [0.717, 1.165) is 28.1 Å². The van der Waals surface area contributed by atoms with Crippen LogP contribution in [0.3, 0.4) is 0 Å². The van der Waals surface area contributed by atoms with E-state index in [0.29, 0.717) is 0 Å². The highest BCUT2D eigenvalue weighted by Crippen LogP contribution is 2.33. The Hall–Kier alpha value is -1.59. The quantitative estimate of drug-likeness (QED) is 0.849. The molecule has 1 rings (SSSR count). The standard InChI is InChI=1S/C14H22N2O3/c1-8-6-12(19-5)9(2)10(3)13(8)16(4)14(18)11(15)7-17/h6,11,17H,7,15H2,1-5H3. The smallest absolute Gasteiger partial charge is 0.246 e. The number of rotatable bonds is 4. The number of methoxy groups -OCH3 is 1. The maximum Gasteiger partial charge on any atom is 0.246 e. The number of nitrogens with zero attached hydrogens (tertiary/aromatic N) is 1. The molecule has 106 valence electrons. The number of aliphatic hydroxyl groups is 1. The number of amides is 1. The van der Waals surface area contributed by atoms with Crippen LogP contribution in [0.4, 0.5) is 5.69 Å². The number of anilines is 1. The molecule has 1 aromatic rings. The minimum Gasteiger partial charge on any atom is -0.496 e. The Labute approximate surface area is 114 Å². The van der Waals surface area contributed by atoms with Gasteiger partial charge in [-0.3, -0.25) is 4.79 Å². The molecule has 0 radical (unpaired) electrons. The number of nitrogens with two attached hydrogens (primary N) is 1. The highest BCUT2D eigenvalue weighted by molar-refractivity contribution is 5.98. The summed E-state index contributed by atoms with van der Waals surface area (Å²) in [6.45, 7) is 5.44. The number of hydrogen-bond acceptors (Lipinski definition) is 4. The van der Waals surface area contributed by atoms with Gasteiger partial charge in [-0.2, -0.15) is 0 Å². The molecule has 0 spiro atoms. The van der Waals surface area contributed by atoms with Gasteiger partial charge in [0, 0.05) is 12.7 Å². The van der Waals surface area contributed by atoms with E-state index in [4.69, 9.17) is 15.6 Å². The van der Waals surface area contributed by atoms with Crippen LogP contribution in [-0.4, -0.2) is 37.8 Å². The van der Waals surface area contributed by atoms with Gasteiger partial charge in [0.1, 0.15) is 11.8 Å². The first-order chi connectivity index (χ1) is 8.84. The van der Waals surface area contributed by atoms with Crippen LogP contribution in [0, 0.1) is 20.8 Å².